The molecule has 7 heteroatoms. The number of rotatable bonds is 4. The van der Waals surface area contributed by atoms with E-state index in [2.05, 4.69) is 210 Å². The van der Waals surface area contributed by atoms with Gasteiger partial charge in [0.05, 0.1) is 27.7 Å². The maximum atomic E-state index is 7.33. The van der Waals surface area contributed by atoms with Gasteiger partial charge in [-0.1, -0.05) is 133 Å². The monoisotopic (exact) mass is 880 g/mol. The topological polar surface area (TPSA) is 19.6 Å². The number of thiophene rings is 3. The number of furan rings is 1. The van der Waals surface area contributed by atoms with Gasteiger partial charge in [0.2, 0.25) is 0 Å². The number of benzene rings is 9. The highest BCUT2D eigenvalue weighted by molar-refractivity contribution is 7.27. The summed E-state index contributed by atoms with van der Waals surface area (Å²) in [5.74, 6) is 0. The second-order valence-electron chi connectivity index (χ2n) is 17.1. The molecule has 6 heterocycles. The summed E-state index contributed by atoms with van der Waals surface area (Å²) in [4.78, 5) is 5.15. The molecule has 65 heavy (non-hydrogen) atoms. The second kappa shape index (κ2) is 13.6. The van der Waals surface area contributed by atoms with Gasteiger partial charge in [-0.05, 0) is 94.2 Å². The van der Waals surface area contributed by atoms with Crippen molar-refractivity contribution in [3.63, 3.8) is 0 Å². The summed E-state index contributed by atoms with van der Waals surface area (Å²) in [6, 6.07) is 74.0. The van der Waals surface area contributed by atoms with Crippen LogP contribution in [0.4, 0.5) is 33.4 Å². The van der Waals surface area contributed by atoms with Crippen LogP contribution in [0.1, 0.15) is 0 Å². The third-order valence-corrected chi connectivity index (χ3v) is 17.1. The summed E-state index contributed by atoms with van der Waals surface area (Å²) in [7, 11) is 0. The van der Waals surface area contributed by atoms with E-state index < -0.39 is 0 Å². The van der Waals surface area contributed by atoms with Gasteiger partial charge in [-0.2, -0.15) is 0 Å². The third kappa shape index (κ3) is 5.06. The Bertz CT molecular complexity index is 4110. The van der Waals surface area contributed by atoms with Crippen LogP contribution in [0.2, 0.25) is 0 Å². The molecule has 3 nitrogen and oxygen atoms in total. The van der Waals surface area contributed by atoms with E-state index in [1.807, 2.05) is 34.0 Å². The summed E-state index contributed by atoms with van der Waals surface area (Å²) < 4.78 is 13.8. The average Bonchev–Trinajstić information content (AvgIpc) is 4.14. The molecule has 0 fully saturated rings. The van der Waals surface area contributed by atoms with E-state index in [1.165, 1.54) is 100.0 Å². The van der Waals surface area contributed by atoms with Crippen molar-refractivity contribution in [2.45, 2.75) is 0 Å². The van der Waals surface area contributed by atoms with E-state index >= 15 is 0 Å². The van der Waals surface area contributed by atoms with Gasteiger partial charge in [-0.3, -0.25) is 0 Å². The molecule has 0 saturated heterocycles. The predicted octanol–water partition coefficient (Wildman–Crippen LogP) is 15.8. The van der Waals surface area contributed by atoms with E-state index in [1.54, 1.807) is 0 Å². The van der Waals surface area contributed by atoms with Crippen LogP contribution in [-0.2, 0) is 0 Å². The number of fused-ring (bicyclic) bond motifs is 14. The SMILES string of the molecule is c1ccc(-c2cc3sc4ccccc4c3cc2N2c3cccc4c3B(c3oc5ccccc5c3N4c3cc4c(cc3-c3ccccc3)sc3ccccc34)c3c2sc2ccccc32)cc1. The third-order valence-electron chi connectivity index (χ3n) is 13.7. The van der Waals surface area contributed by atoms with Crippen LogP contribution in [0, 0.1) is 0 Å². The molecule has 15 rings (SSSR count). The van der Waals surface area contributed by atoms with E-state index in [0.717, 1.165) is 33.7 Å². The van der Waals surface area contributed by atoms with Gasteiger partial charge in [0, 0.05) is 72.9 Å². The van der Waals surface area contributed by atoms with E-state index in [4.69, 9.17) is 4.42 Å². The molecule has 0 N–H and O–H groups in total. The largest absolute Gasteiger partial charge is 0.468 e. The van der Waals surface area contributed by atoms with Crippen LogP contribution in [0.15, 0.2) is 205 Å². The molecule has 4 aromatic heterocycles. The molecule has 0 bridgehead atoms. The number of anilines is 6. The predicted molar refractivity (Wildman–Crippen MR) is 282 cm³/mol. The van der Waals surface area contributed by atoms with Gasteiger partial charge < -0.3 is 14.2 Å². The number of hydrogen-bond acceptors (Lipinski definition) is 6. The number of hydrogen-bond donors (Lipinski definition) is 0. The van der Waals surface area contributed by atoms with Gasteiger partial charge in [-0.15, -0.1) is 34.0 Å². The van der Waals surface area contributed by atoms with Gasteiger partial charge in [-0.25, -0.2) is 0 Å². The maximum absolute atomic E-state index is 7.33. The summed E-state index contributed by atoms with van der Waals surface area (Å²) >= 11 is 5.63. The first-order valence-electron chi connectivity index (χ1n) is 22.0. The van der Waals surface area contributed by atoms with Gasteiger partial charge in [0.25, 0.3) is 6.71 Å². The van der Waals surface area contributed by atoms with Crippen molar-refractivity contribution in [2.75, 3.05) is 9.80 Å². The van der Waals surface area contributed by atoms with Crippen molar-refractivity contribution in [1.82, 2.24) is 0 Å². The minimum atomic E-state index is -0.154. The van der Waals surface area contributed by atoms with Gasteiger partial charge in [0.1, 0.15) is 5.58 Å². The van der Waals surface area contributed by atoms with Crippen molar-refractivity contribution in [2.24, 2.45) is 0 Å². The van der Waals surface area contributed by atoms with Gasteiger partial charge in [0.15, 0.2) is 0 Å². The molecule has 0 saturated carbocycles. The van der Waals surface area contributed by atoms with Crippen molar-refractivity contribution < 1.29 is 4.42 Å². The van der Waals surface area contributed by atoms with Crippen molar-refractivity contribution >= 4 is 152 Å². The maximum Gasteiger partial charge on any atom is 0.298 e. The first kappa shape index (κ1) is 36.0. The fourth-order valence-electron chi connectivity index (χ4n) is 10.9. The molecule has 0 aliphatic carbocycles. The molecule has 0 spiro atoms. The Morgan fingerprint density at radius 3 is 1.46 bits per heavy atom. The Morgan fingerprint density at radius 1 is 0.354 bits per heavy atom. The van der Waals surface area contributed by atoms with Crippen molar-refractivity contribution in [3.05, 3.63) is 200 Å². The zero-order chi connectivity index (χ0) is 42.3. The smallest absolute Gasteiger partial charge is 0.298 e. The molecular formula is C58H33BN2OS3. The van der Waals surface area contributed by atoms with Crippen molar-refractivity contribution in [3.8, 4) is 22.3 Å². The van der Waals surface area contributed by atoms with Crippen LogP contribution >= 0.6 is 34.0 Å². The molecule has 0 amide bonds. The van der Waals surface area contributed by atoms with E-state index in [-0.39, 0.29) is 6.71 Å². The lowest BCUT2D eigenvalue weighted by Crippen LogP contribution is -2.60. The zero-order valence-electron chi connectivity index (χ0n) is 34.7. The molecule has 13 aromatic rings. The first-order chi connectivity index (χ1) is 32.2. The molecule has 302 valence electrons. The lowest BCUT2D eigenvalue weighted by molar-refractivity contribution is 0.651. The molecule has 0 unspecified atom stereocenters. The normalized spacial score (nSPS) is 13.1. The number of nitrogens with zero attached hydrogens (tertiary/aromatic N) is 2. The van der Waals surface area contributed by atoms with E-state index in [0.29, 0.717) is 0 Å². The molecular weight excluding hydrogens is 848 g/mol. The van der Waals surface area contributed by atoms with Crippen LogP contribution in [0.25, 0.3) is 83.7 Å². The Labute approximate surface area is 386 Å². The standard InChI is InChI=1S/C58H33BN2OS3/c1-3-16-34(17-4-1)40-32-52-42(36-20-8-12-27-49(36)63-52)30-46(40)60-44-24-15-25-45-55(44)59(57-56(60)38-22-7-11-26-48(38)62-57)54-39-23-10-14-29-51(39)65-58(54)61(45)47-31-43-37-21-9-13-28-50(37)64-53(43)33-41(47)35-18-5-2-6-19-35/h1-33H. The quantitative estimate of drug-likeness (QED) is 0.164. The molecule has 0 radical (unpaired) electrons. The van der Waals surface area contributed by atoms with Gasteiger partial charge >= 0.3 is 0 Å². The summed E-state index contributed by atoms with van der Waals surface area (Å²) in [5, 5.41) is 8.71. The fraction of sp³-hybridized carbons (Fsp3) is 0. The molecule has 9 aromatic carbocycles. The molecule has 2 aliphatic heterocycles. The average molecular weight is 881 g/mol. The summed E-state index contributed by atoms with van der Waals surface area (Å²) in [6.07, 6.45) is 0. The van der Waals surface area contributed by atoms with Crippen molar-refractivity contribution in [1.29, 1.82) is 0 Å². The lowest BCUT2D eigenvalue weighted by Gasteiger charge is -2.42. The highest BCUT2D eigenvalue weighted by Crippen LogP contribution is 2.54. The Kier molecular flexibility index (Phi) is 7.50. The Morgan fingerprint density at radius 2 is 0.846 bits per heavy atom. The minimum Gasteiger partial charge on any atom is -0.468 e. The summed E-state index contributed by atoms with van der Waals surface area (Å²) in [5.41, 5.74) is 14.9. The zero-order valence-corrected chi connectivity index (χ0v) is 37.1. The number of para-hydroxylation sites is 1. The first-order valence-corrected chi connectivity index (χ1v) is 24.5. The second-order valence-corrected chi connectivity index (χ2v) is 20.3. The van der Waals surface area contributed by atoms with Crippen LogP contribution in [-0.4, -0.2) is 6.71 Å². The Balaban J connectivity index is 1.09. The van der Waals surface area contributed by atoms with E-state index in [9.17, 15) is 0 Å². The Hall–Kier alpha value is -7.42. The lowest BCUT2D eigenvalue weighted by atomic mass is 9.35. The highest BCUT2D eigenvalue weighted by Gasteiger charge is 2.48. The highest BCUT2D eigenvalue weighted by atomic mass is 32.1. The fourth-order valence-corrected chi connectivity index (χ4v) is 14.4. The molecule has 2 aliphatic rings. The minimum absolute atomic E-state index is 0.154. The summed E-state index contributed by atoms with van der Waals surface area (Å²) in [6.45, 7) is -0.154. The van der Waals surface area contributed by atoms with Crippen LogP contribution < -0.4 is 26.4 Å². The van der Waals surface area contributed by atoms with Crippen LogP contribution in [0.3, 0.4) is 0 Å². The molecule has 0 atom stereocenters. The van der Waals surface area contributed by atoms with Crippen LogP contribution in [0.5, 0.6) is 0 Å².